The molecule has 2 heterocycles. The van der Waals surface area contributed by atoms with Crippen LogP contribution in [0.1, 0.15) is 22.5 Å². The minimum absolute atomic E-state index is 0.247. The van der Waals surface area contributed by atoms with Crippen LogP contribution >= 0.6 is 0 Å². The predicted octanol–water partition coefficient (Wildman–Crippen LogP) is 4.29. The molecule has 0 spiro atoms. The summed E-state index contributed by atoms with van der Waals surface area (Å²) >= 11 is 0. The van der Waals surface area contributed by atoms with Crippen molar-refractivity contribution in [1.82, 2.24) is 9.99 Å². The summed E-state index contributed by atoms with van der Waals surface area (Å²) in [7, 11) is 0. The fourth-order valence-corrected chi connectivity index (χ4v) is 3.36. The zero-order valence-corrected chi connectivity index (χ0v) is 16.5. The molecule has 4 rings (SSSR count). The highest BCUT2D eigenvalue weighted by molar-refractivity contribution is 5.91. The molecule has 1 aliphatic heterocycles. The number of nitrogens with zero attached hydrogens (tertiary/aromatic N) is 2. The summed E-state index contributed by atoms with van der Waals surface area (Å²) in [5.41, 5.74) is 8.19. The fourth-order valence-electron chi connectivity index (χ4n) is 3.36. The number of nitrogens with one attached hydrogen (secondary N) is 2. The average molecular weight is 390 g/mol. The van der Waals surface area contributed by atoms with E-state index in [1.54, 1.807) is 6.21 Å². The summed E-state index contributed by atoms with van der Waals surface area (Å²) in [6, 6.07) is 15.1. The molecule has 0 bridgehead atoms. The smallest absolute Gasteiger partial charge is 0.339 e. The second-order valence-electron chi connectivity index (χ2n) is 6.84. The van der Waals surface area contributed by atoms with Crippen molar-refractivity contribution >= 4 is 17.9 Å². The van der Waals surface area contributed by atoms with Crippen molar-refractivity contribution in [3.8, 4) is 17.2 Å². The van der Waals surface area contributed by atoms with Crippen LogP contribution in [0.3, 0.4) is 0 Å². The Morgan fingerprint density at radius 3 is 2.69 bits per heavy atom. The second kappa shape index (κ2) is 7.71. The van der Waals surface area contributed by atoms with Gasteiger partial charge in [-0.15, -0.1) is 0 Å². The highest BCUT2D eigenvalue weighted by atomic mass is 16.7. The molecule has 1 aromatic heterocycles. The number of aromatic nitrogens is 1. The molecule has 2 N–H and O–H groups in total. The van der Waals surface area contributed by atoms with Crippen molar-refractivity contribution < 1.29 is 14.3 Å². The van der Waals surface area contributed by atoms with Crippen LogP contribution in [-0.4, -0.2) is 23.6 Å². The van der Waals surface area contributed by atoms with E-state index in [2.05, 4.69) is 20.4 Å². The Labute approximate surface area is 169 Å². The first kappa shape index (κ1) is 18.6. The van der Waals surface area contributed by atoms with E-state index in [1.165, 1.54) is 0 Å². The van der Waals surface area contributed by atoms with Gasteiger partial charge in [-0.2, -0.15) is 5.10 Å². The van der Waals surface area contributed by atoms with Crippen molar-refractivity contribution in [3.63, 3.8) is 0 Å². The summed E-state index contributed by atoms with van der Waals surface area (Å²) in [5.74, 6) is 1.49. The van der Waals surface area contributed by atoms with Gasteiger partial charge in [0.15, 0.2) is 11.5 Å². The maximum Gasteiger partial charge on any atom is 0.339 e. The third kappa shape index (κ3) is 3.80. The number of benzene rings is 2. The van der Waals surface area contributed by atoms with Crippen molar-refractivity contribution in [2.75, 3.05) is 12.1 Å². The highest BCUT2D eigenvalue weighted by Gasteiger charge is 2.16. The number of anilines is 1. The fraction of sp³-hybridized carbons (Fsp3) is 0.182. The zero-order chi connectivity index (χ0) is 20.4. The number of hydrogen-bond donors (Lipinski definition) is 2. The van der Waals surface area contributed by atoms with E-state index in [4.69, 9.17) is 9.47 Å². The van der Waals surface area contributed by atoms with Gasteiger partial charge < -0.3 is 19.4 Å². The summed E-state index contributed by atoms with van der Waals surface area (Å²) < 4.78 is 13.0. The first-order valence-electron chi connectivity index (χ1n) is 9.27. The molecule has 0 aliphatic carbocycles. The Bertz CT molecular complexity index is 1100. The van der Waals surface area contributed by atoms with Crippen molar-refractivity contribution in [2.45, 2.75) is 20.8 Å². The Morgan fingerprint density at radius 2 is 1.86 bits per heavy atom. The highest BCUT2D eigenvalue weighted by Crippen LogP contribution is 2.34. The molecule has 1 aliphatic rings. The number of fused-ring (bicyclic) bond motifs is 1. The SMILES string of the molecule is Cc1ccccc1NC(=O)NN=Cc1cc(C)n(-c2ccc3c(c2)OCO3)c1C. The molecule has 0 radical (unpaired) electrons. The molecule has 0 unspecified atom stereocenters. The number of carbonyl (C=O) groups is 1. The van der Waals surface area contributed by atoms with Crippen LogP contribution in [-0.2, 0) is 0 Å². The Kier molecular flexibility index (Phi) is 4.95. The van der Waals surface area contributed by atoms with Gasteiger partial charge in [0, 0.05) is 34.4 Å². The molecule has 0 fully saturated rings. The van der Waals surface area contributed by atoms with Crippen LogP contribution in [0.2, 0.25) is 0 Å². The van der Waals surface area contributed by atoms with Gasteiger partial charge in [-0.05, 0) is 50.6 Å². The summed E-state index contributed by atoms with van der Waals surface area (Å²) in [6.45, 7) is 6.21. The first-order chi connectivity index (χ1) is 14.0. The molecular weight excluding hydrogens is 368 g/mol. The lowest BCUT2D eigenvalue weighted by Crippen LogP contribution is -2.24. The van der Waals surface area contributed by atoms with Gasteiger partial charge in [0.05, 0.1) is 6.21 Å². The number of carbonyl (C=O) groups excluding carboxylic acids is 1. The number of aryl methyl sites for hydroxylation is 2. The number of para-hydroxylation sites is 1. The molecule has 0 atom stereocenters. The Balaban J connectivity index is 1.48. The number of hydrogen-bond acceptors (Lipinski definition) is 4. The van der Waals surface area contributed by atoms with Crippen LogP contribution in [0, 0.1) is 20.8 Å². The molecule has 7 nitrogen and oxygen atoms in total. The second-order valence-corrected chi connectivity index (χ2v) is 6.84. The van der Waals surface area contributed by atoms with Gasteiger partial charge >= 0.3 is 6.03 Å². The Morgan fingerprint density at radius 1 is 1.07 bits per heavy atom. The lowest BCUT2D eigenvalue weighted by molar-refractivity contribution is 0.174. The van der Waals surface area contributed by atoms with Crippen LogP contribution in [0.4, 0.5) is 10.5 Å². The van der Waals surface area contributed by atoms with Crippen LogP contribution in [0.25, 0.3) is 5.69 Å². The molecule has 2 amide bonds. The van der Waals surface area contributed by atoms with E-state index in [9.17, 15) is 4.79 Å². The predicted molar refractivity (Wildman–Crippen MR) is 112 cm³/mol. The van der Waals surface area contributed by atoms with E-state index in [0.717, 1.165) is 45.4 Å². The number of hydrazone groups is 1. The number of ether oxygens (including phenoxy) is 2. The summed E-state index contributed by atoms with van der Waals surface area (Å²) in [5, 5.41) is 6.87. The zero-order valence-electron chi connectivity index (χ0n) is 16.5. The van der Waals surface area contributed by atoms with Gasteiger partial charge in [-0.1, -0.05) is 18.2 Å². The maximum absolute atomic E-state index is 12.1. The molecular formula is C22H22N4O3. The Hall–Kier alpha value is -3.74. The summed E-state index contributed by atoms with van der Waals surface area (Å²) in [4.78, 5) is 12.1. The third-order valence-electron chi connectivity index (χ3n) is 4.85. The molecule has 29 heavy (non-hydrogen) atoms. The van der Waals surface area contributed by atoms with E-state index < -0.39 is 0 Å². The standard InChI is InChI=1S/C22H22N4O3/c1-14-6-4-5-7-19(14)24-22(27)25-23-12-17-10-15(2)26(16(17)3)18-8-9-20-21(11-18)29-13-28-20/h4-12H,13H2,1-3H3,(H2,24,25,27). The van der Waals surface area contributed by atoms with E-state index >= 15 is 0 Å². The van der Waals surface area contributed by atoms with Crippen molar-refractivity contribution in [3.05, 3.63) is 71.0 Å². The minimum Gasteiger partial charge on any atom is -0.454 e. The van der Waals surface area contributed by atoms with Crippen LogP contribution in [0.5, 0.6) is 11.5 Å². The van der Waals surface area contributed by atoms with Gasteiger partial charge in [0.25, 0.3) is 0 Å². The van der Waals surface area contributed by atoms with Crippen LogP contribution in [0.15, 0.2) is 53.6 Å². The number of rotatable bonds is 4. The molecule has 0 saturated carbocycles. The molecule has 7 heteroatoms. The topological polar surface area (TPSA) is 76.9 Å². The molecule has 0 saturated heterocycles. The van der Waals surface area contributed by atoms with E-state index in [0.29, 0.717) is 0 Å². The van der Waals surface area contributed by atoms with Crippen molar-refractivity contribution in [1.29, 1.82) is 0 Å². The van der Waals surface area contributed by atoms with Gasteiger partial charge in [-0.25, -0.2) is 10.2 Å². The average Bonchev–Trinajstić information content (AvgIpc) is 3.27. The quantitative estimate of drug-likeness (QED) is 0.515. The number of urea groups is 1. The maximum atomic E-state index is 12.1. The number of amides is 2. The van der Waals surface area contributed by atoms with Gasteiger partial charge in [0.1, 0.15) is 0 Å². The minimum atomic E-state index is -0.389. The van der Waals surface area contributed by atoms with E-state index in [1.807, 2.05) is 69.3 Å². The third-order valence-corrected chi connectivity index (χ3v) is 4.85. The van der Waals surface area contributed by atoms with E-state index in [-0.39, 0.29) is 12.8 Å². The largest absolute Gasteiger partial charge is 0.454 e. The normalized spacial score (nSPS) is 12.4. The molecule has 2 aromatic carbocycles. The summed E-state index contributed by atoms with van der Waals surface area (Å²) in [6.07, 6.45) is 1.64. The van der Waals surface area contributed by atoms with Gasteiger partial charge in [0.2, 0.25) is 6.79 Å². The van der Waals surface area contributed by atoms with Gasteiger partial charge in [-0.3, -0.25) is 0 Å². The molecule has 148 valence electrons. The van der Waals surface area contributed by atoms with Crippen LogP contribution < -0.4 is 20.2 Å². The lowest BCUT2D eigenvalue weighted by Gasteiger charge is -2.10. The molecule has 3 aromatic rings. The van der Waals surface area contributed by atoms with Crippen molar-refractivity contribution in [2.24, 2.45) is 5.10 Å². The lowest BCUT2D eigenvalue weighted by atomic mass is 10.2. The first-order valence-corrected chi connectivity index (χ1v) is 9.27. The monoisotopic (exact) mass is 390 g/mol.